The molecule has 1 aliphatic heterocycles. The van der Waals surface area contributed by atoms with E-state index in [4.69, 9.17) is 5.73 Å². The maximum Gasteiger partial charge on any atom is 0.0284 e. The number of nitrogens with two attached hydrogens (primary N) is 1. The third-order valence-electron chi connectivity index (χ3n) is 5.37. The van der Waals surface area contributed by atoms with Crippen LogP contribution in [0.25, 0.3) is 0 Å². The summed E-state index contributed by atoms with van der Waals surface area (Å²) >= 11 is 0. The number of benzene rings is 1. The van der Waals surface area contributed by atoms with Crippen molar-refractivity contribution in [3.8, 4) is 0 Å². The molecule has 2 aliphatic rings. The van der Waals surface area contributed by atoms with Gasteiger partial charge in [-0.2, -0.15) is 0 Å². The maximum atomic E-state index is 6.10. The van der Waals surface area contributed by atoms with Crippen LogP contribution in [0.5, 0.6) is 0 Å². The van der Waals surface area contributed by atoms with Crippen molar-refractivity contribution in [2.45, 2.75) is 38.1 Å². The van der Waals surface area contributed by atoms with E-state index in [-0.39, 0.29) is 0 Å². The van der Waals surface area contributed by atoms with E-state index in [0.29, 0.717) is 12.0 Å². The van der Waals surface area contributed by atoms with Gasteiger partial charge in [0.1, 0.15) is 0 Å². The van der Waals surface area contributed by atoms with E-state index in [9.17, 15) is 0 Å². The van der Waals surface area contributed by atoms with Crippen molar-refractivity contribution in [2.75, 3.05) is 19.6 Å². The summed E-state index contributed by atoms with van der Waals surface area (Å²) in [5, 5.41) is 0. The summed E-state index contributed by atoms with van der Waals surface area (Å²) in [4.78, 5) is 2.67. The summed E-state index contributed by atoms with van der Waals surface area (Å²) < 4.78 is 0. The lowest BCUT2D eigenvalue weighted by Gasteiger charge is -2.32. The molecule has 104 valence electrons. The number of likely N-dealkylation sites (tertiary alicyclic amines) is 1. The summed E-state index contributed by atoms with van der Waals surface area (Å²) in [6, 6.07) is 11.4. The quantitative estimate of drug-likeness (QED) is 0.900. The van der Waals surface area contributed by atoms with Crippen LogP contribution in [0.1, 0.15) is 37.7 Å². The molecule has 4 unspecified atom stereocenters. The first kappa shape index (κ1) is 13.1. The van der Waals surface area contributed by atoms with Gasteiger partial charge in [0, 0.05) is 25.7 Å². The standard InChI is InChI=1S/C17H26N2/c1-13(14-6-3-2-4-7-14)17(10-18)19-11-15-8-5-9-16(15)12-19/h2-4,6-7,13,15-17H,5,8-12,18H2,1H3. The molecule has 2 fully saturated rings. The van der Waals surface area contributed by atoms with Crippen LogP contribution in [-0.2, 0) is 0 Å². The lowest BCUT2D eigenvalue weighted by Crippen LogP contribution is -2.43. The number of hydrogen-bond acceptors (Lipinski definition) is 2. The highest BCUT2D eigenvalue weighted by Crippen LogP contribution is 2.39. The van der Waals surface area contributed by atoms with E-state index in [1.807, 2.05) is 0 Å². The molecule has 0 radical (unpaired) electrons. The second-order valence-corrected chi connectivity index (χ2v) is 6.41. The van der Waals surface area contributed by atoms with Crippen LogP contribution in [-0.4, -0.2) is 30.6 Å². The lowest BCUT2D eigenvalue weighted by molar-refractivity contribution is 0.205. The Kier molecular flexibility index (Phi) is 3.90. The van der Waals surface area contributed by atoms with Crippen molar-refractivity contribution in [3.63, 3.8) is 0 Å². The fourth-order valence-corrected chi connectivity index (χ4v) is 4.19. The van der Waals surface area contributed by atoms with Crippen LogP contribution in [0.15, 0.2) is 30.3 Å². The Balaban J connectivity index is 1.71. The summed E-state index contributed by atoms with van der Waals surface area (Å²) in [6.07, 6.45) is 4.33. The fraction of sp³-hybridized carbons (Fsp3) is 0.647. The Hall–Kier alpha value is -0.860. The van der Waals surface area contributed by atoms with Crippen LogP contribution in [0, 0.1) is 11.8 Å². The van der Waals surface area contributed by atoms with Gasteiger partial charge in [-0.1, -0.05) is 43.7 Å². The molecule has 1 aromatic carbocycles. The topological polar surface area (TPSA) is 29.3 Å². The van der Waals surface area contributed by atoms with E-state index in [1.165, 1.54) is 37.9 Å². The van der Waals surface area contributed by atoms with Crippen LogP contribution in [0.3, 0.4) is 0 Å². The predicted octanol–water partition coefficient (Wildman–Crippen LogP) is 2.85. The molecule has 2 nitrogen and oxygen atoms in total. The van der Waals surface area contributed by atoms with Gasteiger partial charge in [0.25, 0.3) is 0 Å². The summed E-state index contributed by atoms with van der Waals surface area (Å²) in [6.45, 7) is 5.67. The molecule has 19 heavy (non-hydrogen) atoms. The van der Waals surface area contributed by atoms with E-state index in [2.05, 4.69) is 42.2 Å². The van der Waals surface area contributed by atoms with Gasteiger partial charge in [-0.05, 0) is 36.2 Å². The van der Waals surface area contributed by atoms with Gasteiger partial charge in [-0.25, -0.2) is 0 Å². The first-order valence-electron chi connectivity index (χ1n) is 7.78. The number of nitrogens with zero attached hydrogens (tertiary/aromatic N) is 1. The van der Waals surface area contributed by atoms with Crippen LogP contribution < -0.4 is 5.73 Å². The average Bonchev–Trinajstić information content (AvgIpc) is 3.02. The second-order valence-electron chi connectivity index (χ2n) is 6.41. The normalized spacial score (nSPS) is 30.2. The maximum absolute atomic E-state index is 6.10. The monoisotopic (exact) mass is 258 g/mol. The molecular formula is C17H26N2. The smallest absolute Gasteiger partial charge is 0.0284 e. The van der Waals surface area contributed by atoms with E-state index < -0.39 is 0 Å². The first-order chi connectivity index (χ1) is 9.29. The van der Waals surface area contributed by atoms with E-state index >= 15 is 0 Å². The minimum absolute atomic E-state index is 0.507. The molecule has 2 heteroatoms. The zero-order valence-corrected chi connectivity index (χ0v) is 12.0. The van der Waals surface area contributed by atoms with Crippen molar-refractivity contribution >= 4 is 0 Å². The third kappa shape index (κ3) is 2.56. The molecule has 0 amide bonds. The highest BCUT2D eigenvalue weighted by atomic mass is 15.2. The second kappa shape index (κ2) is 5.64. The Labute approximate surface area is 117 Å². The molecule has 0 spiro atoms. The van der Waals surface area contributed by atoms with Crippen molar-refractivity contribution < 1.29 is 0 Å². The van der Waals surface area contributed by atoms with E-state index in [1.54, 1.807) is 0 Å². The summed E-state index contributed by atoms with van der Waals surface area (Å²) in [5.41, 5.74) is 7.53. The van der Waals surface area contributed by atoms with E-state index in [0.717, 1.165) is 18.4 Å². The van der Waals surface area contributed by atoms with Gasteiger partial charge in [0.15, 0.2) is 0 Å². The Bertz CT molecular complexity index is 391. The largest absolute Gasteiger partial charge is 0.329 e. The van der Waals surface area contributed by atoms with Crippen LogP contribution in [0.2, 0.25) is 0 Å². The molecular weight excluding hydrogens is 232 g/mol. The van der Waals surface area contributed by atoms with Gasteiger partial charge < -0.3 is 5.73 Å². The van der Waals surface area contributed by atoms with Crippen LogP contribution in [0.4, 0.5) is 0 Å². The zero-order valence-electron chi connectivity index (χ0n) is 12.0. The molecule has 1 saturated heterocycles. The van der Waals surface area contributed by atoms with Crippen molar-refractivity contribution in [1.29, 1.82) is 0 Å². The molecule has 0 bridgehead atoms. The molecule has 3 rings (SSSR count). The average molecular weight is 258 g/mol. The van der Waals surface area contributed by atoms with Crippen molar-refractivity contribution in [1.82, 2.24) is 4.90 Å². The Morgan fingerprint density at radius 1 is 1.16 bits per heavy atom. The minimum Gasteiger partial charge on any atom is -0.329 e. The summed E-state index contributed by atoms with van der Waals surface area (Å²) in [7, 11) is 0. The molecule has 1 heterocycles. The van der Waals surface area contributed by atoms with Crippen molar-refractivity contribution in [3.05, 3.63) is 35.9 Å². The number of hydrogen-bond donors (Lipinski definition) is 1. The van der Waals surface area contributed by atoms with Gasteiger partial charge in [0.05, 0.1) is 0 Å². The predicted molar refractivity (Wildman–Crippen MR) is 80.1 cm³/mol. The Morgan fingerprint density at radius 3 is 2.37 bits per heavy atom. The molecule has 1 aliphatic carbocycles. The Morgan fingerprint density at radius 2 is 1.79 bits per heavy atom. The van der Waals surface area contributed by atoms with Gasteiger partial charge >= 0.3 is 0 Å². The fourth-order valence-electron chi connectivity index (χ4n) is 4.19. The van der Waals surface area contributed by atoms with Gasteiger partial charge in [-0.15, -0.1) is 0 Å². The zero-order chi connectivity index (χ0) is 13.2. The van der Waals surface area contributed by atoms with Crippen LogP contribution >= 0.6 is 0 Å². The number of rotatable bonds is 4. The first-order valence-corrected chi connectivity index (χ1v) is 7.78. The minimum atomic E-state index is 0.507. The van der Waals surface area contributed by atoms with Gasteiger partial charge in [0.2, 0.25) is 0 Å². The lowest BCUT2D eigenvalue weighted by atomic mass is 9.92. The molecule has 4 atom stereocenters. The SMILES string of the molecule is CC(c1ccccc1)C(CN)N1CC2CCCC2C1. The summed E-state index contributed by atoms with van der Waals surface area (Å²) in [5.74, 6) is 2.44. The molecule has 2 N–H and O–H groups in total. The molecule has 1 saturated carbocycles. The van der Waals surface area contributed by atoms with Crippen molar-refractivity contribution in [2.24, 2.45) is 17.6 Å². The highest BCUT2D eigenvalue weighted by molar-refractivity contribution is 5.21. The highest BCUT2D eigenvalue weighted by Gasteiger charge is 2.39. The third-order valence-corrected chi connectivity index (χ3v) is 5.37. The van der Waals surface area contributed by atoms with Gasteiger partial charge in [-0.3, -0.25) is 4.90 Å². The molecule has 0 aromatic heterocycles. The number of fused-ring (bicyclic) bond motifs is 1. The molecule has 1 aromatic rings.